The van der Waals surface area contributed by atoms with Crippen molar-refractivity contribution in [2.24, 2.45) is 0 Å². The van der Waals surface area contributed by atoms with Gasteiger partial charge in [0, 0.05) is 56.1 Å². The third kappa shape index (κ3) is 3.33. The molecule has 0 saturated carbocycles. The van der Waals surface area contributed by atoms with E-state index in [1.54, 1.807) is 0 Å². The number of hydrogen-bond donors (Lipinski definition) is 1. The number of fused-ring (bicyclic) bond motifs is 2. The molecule has 4 heterocycles. The van der Waals surface area contributed by atoms with E-state index in [-0.39, 0.29) is 0 Å². The molecule has 1 fully saturated rings. The predicted octanol–water partition coefficient (Wildman–Crippen LogP) is 3.30. The second kappa shape index (κ2) is 6.98. The molecule has 0 atom stereocenters. The standard InChI is InChI=1S/C22H26N4O/c1-25-6-8-26(9-7-25)15-16-11-19-20(14-24-22(19)23-13-16)17-4-5-21-18(12-17)3-2-10-27-21/h4-5,11-14H,2-3,6-10,15H2,1H3,(H,23,24). The Labute approximate surface area is 160 Å². The van der Waals surface area contributed by atoms with Gasteiger partial charge in [-0.3, -0.25) is 4.90 Å². The number of aromatic amines is 1. The summed E-state index contributed by atoms with van der Waals surface area (Å²) in [5, 5.41) is 1.21. The van der Waals surface area contributed by atoms with Gasteiger partial charge in [0.25, 0.3) is 0 Å². The summed E-state index contributed by atoms with van der Waals surface area (Å²) in [7, 11) is 2.20. The Balaban J connectivity index is 1.45. The average molecular weight is 362 g/mol. The molecule has 5 heteroatoms. The quantitative estimate of drug-likeness (QED) is 0.776. The molecule has 5 nitrogen and oxygen atoms in total. The fourth-order valence-electron chi connectivity index (χ4n) is 4.16. The minimum absolute atomic E-state index is 0.832. The van der Waals surface area contributed by atoms with Crippen molar-refractivity contribution in [3.63, 3.8) is 0 Å². The van der Waals surface area contributed by atoms with Crippen LogP contribution in [-0.4, -0.2) is 59.6 Å². The maximum Gasteiger partial charge on any atom is 0.137 e. The number of rotatable bonds is 3. The lowest BCUT2D eigenvalue weighted by Crippen LogP contribution is -2.43. The zero-order chi connectivity index (χ0) is 18.2. The molecular formula is C22H26N4O. The first-order valence-electron chi connectivity index (χ1n) is 9.89. The second-order valence-corrected chi connectivity index (χ2v) is 7.80. The maximum atomic E-state index is 5.77. The van der Waals surface area contributed by atoms with E-state index in [1.165, 1.54) is 27.6 Å². The molecule has 2 aliphatic rings. The molecule has 1 saturated heterocycles. The number of nitrogens with one attached hydrogen (secondary N) is 1. The van der Waals surface area contributed by atoms with Crippen LogP contribution in [0.25, 0.3) is 22.2 Å². The minimum atomic E-state index is 0.832. The van der Waals surface area contributed by atoms with Gasteiger partial charge >= 0.3 is 0 Å². The van der Waals surface area contributed by atoms with E-state index < -0.39 is 0 Å². The van der Waals surface area contributed by atoms with Gasteiger partial charge in [0.05, 0.1) is 6.61 Å². The smallest absolute Gasteiger partial charge is 0.137 e. The molecule has 140 valence electrons. The first-order valence-corrected chi connectivity index (χ1v) is 9.89. The van der Waals surface area contributed by atoms with Crippen molar-refractivity contribution in [2.75, 3.05) is 39.8 Å². The highest BCUT2D eigenvalue weighted by Crippen LogP contribution is 2.33. The maximum absolute atomic E-state index is 5.77. The van der Waals surface area contributed by atoms with E-state index >= 15 is 0 Å². The van der Waals surface area contributed by atoms with Gasteiger partial charge in [-0.15, -0.1) is 0 Å². The lowest BCUT2D eigenvalue weighted by atomic mass is 9.98. The SMILES string of the molecule is CN1CCN(Cc2cnc3[nH]cc(-c4ccc5c(c4)CCCO5)c3c2)CC1. The van der Waals surface area contributed by atoms with E-state index in [0.717, 1.165) is 63.6 Å². The number of aromatic nitrogens is 2. The van der Waals surface area contributed by atoms with Gasteiger partial charge < -0.3 is 14.6 Å². The molecule has 0 spiro atoms. The van der Waals surface area contributed by atoms with Crippen LogP contribution in [0.5, 0.6) is 5.75 Å². The van der Waals surface area contributed by atoms with Crippen LogP contribution < -0.4 is 4.74 Å². The summed E-state index contributed by atoms with van der Waals surface area (Å²) in [5.74, 6) is 1.04. The monoisotopic (exact) mass is 362 g/mol. The summed E-state index contributed by atoms with van der Waals surface area (Å²) in [6.07, 6.45) is 6.30. The summed E-state index contributed by atoms with van der Waals surface area (Å²) in [5.41, 5.74) is 6.03. The van der Waals surface area contributed by atoms with Crippen LogP contribution >= 0.6 is 0 Å². The fraction of sp³-hybridized carbons (Fsp3) is 0.409. The van der Waals surface area contributed by atoms with E-state index in [1.807, 2.05) is 6.20 Å². The Morgan fingerprint density at radius 2 is 2.04 bits per heavy atom. The number of ether oxygens (including phenoxy) is 1. The Bertz CT molecular complexity index is 956. The first-order chi connectivity index (χ1) is 13.3. The Hall–Kier alpha value is -2.37. The molecule has 0 unspecified atom stereocenters. The number of likely N-dealkylation sites (N-methyl/N-ethyl adjacent to an activating group) is 1. The minimum Gasteiger partial charge on any atom is -0.493 e. The van der Waals surface area contributed by atoms with Gasteiger partial charge in [0.1, 0.15) is 11.4 Å². The van der Waals surface area contributed by atoms with Crippen LogP contribution in [0.3, 0.4) is 0 Å². The van der Waals surface area contributed by atoms with E-state index in [9.17, 15) is 0 Å². The van der Waals surface area contributed by atoms with Crippen LogP contribution in [0.15, 0.2) is 36.7 Å². The highest BCUT2D eigenvalue weighted by atomic mass is 16.5. The molecule has 2 aromatic heterocycles. The van der Waals surface area contributed by atoms with E-state index in [2.05, 4.69) is 57.3 Å². The Morgan fingerprint density at radius 1 is 1.15 bits per heavy atom. The highest BCUT2D eigenvalue weighted by molar-refractivity contribution is 5.94. The number of piperazine rings is 1. The normalized spacial score (nSPS) is 18.4. The zero-order valence-corrected chi connectivity index (χ0v) is 15.9. The van der Waals surface area contributed by atoms with Crippen molar-refractivity contribution in [3.05, 3.63) is 47.8 Å². The van der Waals surface area contributed by atoms with Crippen LogP contribution in [-0.2, 0) is 13.0 Å². The third-order valence-electron chi connectivity index (χ3n) is 5.81. The Morgan fingerprint density at radius 3 is 2.93 bits per heavy atom. The van der Waals surface area contributed by atoms with Crippen molar-refractivity contribution >= 4 is 11.0 Å². The number of H-pyrrole nitrogens is 1. The zero-order valence-electron chi connectivity index (χ0n) is 15.9. The van der Waals surface area contributed by atoms with Crippen molar-refractivity contribution in [3.8, 4) is 16.9 Å². The average Bonchev–Trinajstić information content (AvgIpc) is 3.13. The summed E-state index contributed by atoms with van der Waals surface area (Å²) in [6.45, 7) is 6.34. The van der Waals surface area contributed by atoms with Crippen molar-refractivity contribution in [1.82, 2.24) is 19.8 Å². The summed E-state index contributed by atoms with van der Waals surface area (Å²) in [6, 6.07) is 8.87. The van der Waals surface area contributed by atoms with Crippen LogP contribution in [0.4, 0.5) is 0 Å². The first kappa shape index (κ1) is 16.8. The number of nitrogens with zero attached hydrogens (tertiary/aromatic N) is 3. The molecule has 0 radical (unpaired) electrons. The van der Waals surface area contributed by atoms with Gasteiger partial charge in [-0.25, -0.2) is 4.98 Å². The highest BCUT2D eigenvalue weighted by Gasteiger charge is 2.16. The molecule has 0 amide bonds. The molecule has 27 heavy (non-hydrogen) atoms. The van der Waals surface area contributed by atoms with Gasteiger partial charge in [0.15, 0.2) is 0 Å². The molecule has 3 aromatic rings. The molecule has 0 bridgehead atoms. The largest absolute Gasteiger partial charge is 0.493 e. The van der Waals surface area contributed by atoms with Gasteiger partial charge in [0.2, 0.25) is 0 Å². The fourth-order valence-corrected chi connectivity index (χ4v) is 4.16. The third-order valence-corrected chi connectivity index (χ3v) is 5.81. The van der Waals surface area contributed by atoms with Crippen LogP contribution in [0, 0.1) is 0 Å². The van der Waals surface area contributed by atoms with Gasteiger partial charge in [-0.2, -0.15) is 0 Å². The molecule has 1 N–H and O–H groups in total. The summed E-state index contributed by atoms with van der Waals surface area (Å²) in [4.78, 5) is 12.9. The number of pyridine rings is 1. The molecular weight excluding hydrogens is 336 g/mol. The molecule has 0 aliphatic carbocycles. The molecule has 5 rings (SSSR count). The van der Waals surface area contributed by atoms with Gasteiger partial charge in [-0.05, 0) is 54.8 Å². The Kier molecular flexibility index (Phi) is 4.34. The lowest BCUT2D eigenvalue weighted by molar-refractivity contribution is 0.148. The second-order valence-electron chi connectivity index (χ2n) is 7.80. The van der Waals surface area contributed by atoms with Crippen molar-refractivity contribution in [1.29, 1.82) is 0 Å². The molecule has 2 aliphatic heterocycles. The topological polar surface area (TPSA) is 44.4 Å². The lowest BCUT2D eigenvalue weighted by Gasteiger charge is -2.32. The van der Waals surface area contributed by atoms with Crippen molar-refractivity contribution < 1.29 is 4.74 Å². The van der Waals surface area contributed by atoms with E-state index in [4.69, 9.17) is 4.74 Å². The van der Waals surface area contributed by atoms with Crippen LogP contribution in [0.1, 0.15) is 17.5 Å². The summed E-state index contributed by atoms with van der Waals surface area (Å²) < 4.78 is 5.77. The number of aryl methyl sites for hydroxylation is 1. The van der Waals surface area contributed by atoms with Crippen LogP contribution in [0.2, 0.25) is 0 Å². The van der Waals surface area contributed by atoms with Gasteiger partial charge in [-0.1, -0.05) is 6.07 Å². The van der Waals surface area contributed by atoms with Crippen molar-refractivity contribution in [2.45, 2.75) is 19.4 Å². The molecule has 1 aromatic carbocycles. The predicted molar refractivity (Wildman–Crippen MR) is 108 cm³/mol. The van der Waals surface area contributed by atoms with E-state index in [0.29, 0.717) is 0 Å². The number of hydrogen-bond acceptors (Lipinski definition) is 4. The summed E-state index contributed by atoms with van der Waals surface area (Å²) >= 11 is 0. The number of benzene rings is 1.